The number of rotatable bonds is 8. The first-order valence-corrected chi connectivity index (χ1v) is 9.86. The minimum Gasteiger partial charge on any atom is -0.465 e. The molecule has 0 aromatic heterocycles. The predicted molar refractivity (Wildman–Crippen MR) is 113 cm³/mol. The molecule has 1 unspecified atom stereocenters. The van der Waals surface area contributed by atoms with Gasteiger partial charge in [-0.05, 0) is 22.6 Å². The van der Waals surface area contributed by atoms with E-state index in [1.54, 1.807) is 6.08 Å². The summed E-state index contributed by atoms with van der Waals surface area (Å²) in [5, 5.41) is 0. The van der Waals surface area contributed by atoms with Gasteiger partial charge in [-0.2, -0.15) is 0 Å². The highest BCUT2D eigenvalue weighted by Gasteiger charge is 2.44. The Hall–Kier alpha value is -2.69. The molecule has 1 atom stereocenters. The first-order valence-electron chi connectivity index (χ1n) is 9.86. The fourth-order valence-electron chi connectivity index (χ4n) is 3.78. The van der Waals surface area contributed by atoms with E-state index in [0.717, 1.165) is 16.7 Å². The maximum atomic E-state index is 12.2. The molecule has 2 aromatic rings. The predicted octanol–water partition coefficient (Wildman–Crippen LogP) is 5.20. The molecule has 0 spiro atoms. The highest BCUT2D eigenvalue weighted by molar-refractivity contribution is 5.92. The van der Waals surface area contributed by atoms with E-state index in [0.29, 0.717) is 31.6 Å². The SMILES string of the molecule is C=C/C(C(=O)OC)=C1\CC(OCc2ccccc2)(OCc2ccccc2)CC1C. The van der Waals surface area contributed by atoms with Crippen molar-refractivity contribution in [3.8, 4) is 0 Å². The number of ether oxygens (including phenoxy) is 3. The summed E-state index contributed by atoms with van der Waals surface area (Å²) in [6.45, 7) is 6.77. The van der Waals surface area contributed by atoms with Crippen LogP contribution in [0.5, 0.6) is 0 Å². The molecule has 0 heterocycles. The Morgan fingerprint density at radius 2 is 1.55 bits per heavy atom. The maximum Gasteiger partial charge on any atom is 0.337 e. The average Bonchev–Trinajstić information content (AvgIpc) is 3.09. The van der Waals surface area contributed by atoms with Gasteiger partial charge in [0.05, 0.1) is 25.9 Å². The van der Waals surface area contributed by atoms with Crippen LogP contribution in [-0.2, 0) is 32.2 Å². The molecule has 1 aliphatic rings. The number of methoxy groups -OCH3 is 1. The molecule has 4 heteroatoms. The summed E-state index contributed by atoms with van der Waals surface area (Å²) in [6.07, 6.45) is 2.74. The Labute approximate surface area is 172 Å². The summed E-state index contributed by atoms with van der Waals surface area (Å²) in [5.41, 5.74) is 3.64. The molecule has 0 bridgehead atoms. The molecule has 152 valence electrons. The van der Waals surface area contributed by atoms with Gasteiger partial charge in [0.2, 0.25) is 0 Å². The van der Waals surface area contributed by atoms with E-state index in [1.807, 2.05) is 60.7 Å². The Morgan fingerprint density at radius 3 is 2.00 bits per heavy atom. The molecule has 1 saturated carbocycles. The lowest BCUT2D eigenvalue weighted by Crippen LogP contribution is -2.33. The van der Waals surface area contributed by atoms with Crippen molar-refractivity contribution < 1.29 is 19.0 Å². The van der Waals surface area contributed by atoms with Crippen molar-refractivity contribution in [2.24, 2.45) is 5.92 Å². The van der Waals surface area contributed by atoms with Gasteiger partial charge in [0.25, 0.3) is 0 Å². The summed E-state index contributed by atoms with van der Waals surface area (Å²) < 4.78 is 17.7. The minimum absolute atomic E-state index is 0.119. The fraction of sp³-hybridized carbons (Fsp3) is 0.320. The maximum absolute atomic E-state index is 12.2. The van der Waals surface area contributed by atoms with E-state index < -0.39 is 5.79 Å². The Bertz CT molecular complexity index is 811. The van der Waals surface area contributed by atoms with Crippen LogP contribution in [-0.4, -0.2) is 18.9 Å². The second kappa shape index (κ2) is 9.68. The monoisotopic (exact) mass is 392 g/mol. The van der Waals surface area contributed by atoms with Crippen LogP contribution in [0.3, 0.4) is 0 Å². The standard InChI is InChI=1S/C25H28O4/c1-4-22(24(26)27-3)23-16-25(15-19(23)2,28-17-20-11-7-5-8-12-20)29-18-21-13-9-6-10-14-21/h4-14,19H,1,15-18H2,2-3H3/b23-22-. The highest BCUT2D eigenvalue weighted by atomic mass is 16.7. The third-order valence-corrected chi connectivity index (χ3v) is 5.32. The lowest BCUT2D eigenvalue weighted by atomic mass is 9.99. The molecule has 1 aliphatic carbocycles. The molecule has 0 saturated heterocycles. The van der Waals surface area contributed by atoms with Crippen LogP contribution in [0, 0.1) is 5.92 Å². The van der Waals surface area contributed by atoms with Gasteiger partial charge in [-0.15, -0.1) is 0 Å². The average molecular weight is 392 g/mol. The zero-order chi connectivity index (χ0) is 20.7. The van der Waals surface area contributed by atoms with Crippen LogP contribution < -0.4 is 0 Å². The van der Waals surface area contributed by atoms with Crippen molar-refractivity contribution >= 4 is 5.97 Å². The second-order valence-electron chi connectivity index (χ2n) is 7.38. The van der Waals surface area contributed by atoms with Crippen LogP contribution in [0.15, 0.2) is 84.5 Å². The van der Waals surface area contributed by atoms with E-state index in [-0.39, 0.29) is 11.9 Å². The lowest BCUT2D eigenvalue weighted by molar-refractivity contribution is -0.245. The van der Waals surface area contributed by atoms with Gasteiger partial charge in [-0.3, -0.25) is 0 Å². The summed E-state index contributed by atoms with van der Waals surface area (Å²) in [7, 11) is 1.39. The number of esters is 1. The van der Waals surface area contributed by atoms with E-state index in [9.17, 15) is 4.79 Å². The normalized spacial score (nSPS) is 19.6. The van der Waals surface area contributed by atoms with Crippen LogP contribution in [0.2, 0.25) is 0 Å². The van der Waals surface area contributed by atoms with Gasteiger partial charge >= 0.3 is 5.97 Å². The van der Waals surface area contributed by atoms with Crippen molar-refractivity contribution in [1.82, 2.24) is 0 Å². The van der Waals surface area contributed by atoms with Crippen molar-refractivity contribution in [3.05, 3.63) is 95.6 Å². The Balaban J connectivity index is 1.85. The molecular weight excluding hydrogens is 364 g/mol. The molecule has 29 heavy (non-hydrogen) atoms. The molecule has 0 radical (unpaired) electrons. The summed E-state index contributed by atoms with van der Waals surface area (Å²) in [5.74, 6) is -1.06. The van der Waals surface area contributed by atoms with Crippen LogP contribution in [0.1, 0.15) is 30.9 Å². The quantitative estimate of drug-likeness (QED) is 0.352. The first-order chi connectivity index (χ1) is 14.1. The van der Waals surface area contributed by atoms with Crippen molar-refractivity contribution in [3.63, 3.8) is 0 Å². The molecule has 1 fully saturated rings. The smallest absolute Gasteiger partial charge is 0.337 e. The largest absolute Gasteiger partial charge is 0.465 e. The van der Waals surface area contributed by atoms with E-state index in [4.69, 9.17) is 14.2 Å². The van der Waals surface area contributed by atoms with Gasteiger partial charge < -0.3 is 14.2 Å². The second-order valence-corrected chi connectivity index (χ2v) is 7.38. The third kappa shape index (κ3) is 5.22. The molecule has 3 rings (SSSR count). The van der Waals surface area contributed by atoms with Crippen LogP contribution in [0.4, 0.5) is 0 Å². The number of hydrogen-bond acceptors (Lipinski definition) is 4. The molecular formula is C25H28O4. The first kappa shape index (κ1) is 21.0. The van der Waals surface area contributed by atoms with Gasteiger partial charge in [-0.1, -0.05) is 80.2 Å². The lowest BCUT2D eigenvalue weighted by Gasteiger charge is -2.30. The van der Waals surface area contributed by atoms with E-state index >= 15 is 0 Å². The van der Waals surface area contributed by atoms with Gasteiger partial charge in [-0.25, -0.2) is 4.79 Å². The van der Waals surface area contributed by atoms with Crippen LogP contribution >= 0.6 is 0 Å². The van der Waals surface area contributed by atoms with E-state index in [1.165, 1.54) is 7.11 Å². The Morgan fingerprint density at radius 1 is 1.03 bits per heavy atom. The summed E-state index contributed by atoms with van der Waals surface area (Å²) in [6, 6.07) is 20.1. The van der Waals surface area contributed by atoms with Gasteiger partial charge in [0, 0.05) is 12.8 Å². The van der Waals surface area contributed by atoms with Crippen molar-refractivity contribution in [2.45, 2.75) is 38.8 Å². The topological polar surface area (TPSA) is 44.8 Å². The molecule has 2 aromatic carbocycles. The van der Waals surface area contributed by atoms with Gasteiger partial charge in [0.1, 0.15) is 0 Å². The highest BCUT2D eigenvalue weighted by Crippen LogP contribution is 2.45. The van der Waals surface area contributed by atoms with Crippen LogP contribution in [0.25, 0.3) is 0 Å². The number of benzene rings is 2. The zero-order valence-corrected chi connectivity index (χ0v) is 17.1. The Kier molecular flexibility index (Phi) is 7.02. The zero-order valence-electron chi connectivity index (χ0n) is 17.1. The number of carbonyl (C=O) groups is 1. The third-order valence-electron chi connectivity index (χ3n) is 5.32. The number of hydrogen-bond donors (Lipinski definition) is 0. The fourth-order valence-corrected chi connectivity index (χ4v) is 3.78. The van der Waals surface area contributed by atoms with E-state index in [2.05, 4.69) is 13.5 Å². The minimum atomic E-state index is -0.803. The van der Waals surface area contributed by atoms with Gasteiger partial charge in [0.15, 0.2) is 5.79 Å². The van der Waals surface area contributed by atoms with Crippen molar-refractivity contribution in [1.29, 1.82) is 0 Å². The number of carbonyl (C=O) groups excluding carboxylic acids is 1. The summed E-state index contributed by atoms with van der Waals surface area (Å²) >= 11 is 0. The molecule has 0 aliphatic heterocycles. The summed E-state index contributed by atoms with van der Waals surface area (Å²) in [4.78, 5) is 12.2. The molecule has 0 N–H and O–H groups in total. The molecule has 4 nitrogen and oxygen atoms in total. The molecule has 0 amide bonds. The van der Waals surface area contributed by atoms with Crippen molar-refractivity contribution in [2.75, 3.05) is 7.11 Å².